The number of anilines is 2. The van der Waals surface area contributed by atoms with E-state index in [1.165, 1.54) is 0 Å². The molecular formula is C15H19N5O. The second-order valence-corrected chi connectivity index (χ2v) is 5.44. The smallest absolute Gasteiger partial charge is 0.225 e. The number of β-amino-alcohol motifs (C(OH)–C–C–N with tert-alkyl or cyclic N) is 1. The quantitative estimate of drug-likeness (QED) is 0.867. The van der Waals surface area contributed by atoms with E-state index in [9.17, 15) is 5.11 Å². The molecule has 0 amide bonds. The van der Waals surface area contributed by atoms with Gasteiger partial charge in [0.25, 0.3) is 0 Å². The summed E-state index contributed by atoms with van der Waals surface area (Å²) in [6, 6.07) is 1.98. The van der Waals surface area contributed by atoms with Crippen molar-refractivity contribution in [2.24, 2.45) is 0 Å². The molecule has 0 aromatic carbocycles. The van der Waals surface area contributed by atoms with Crippen LogP contribution < -0.4 is 10.6 Å². The van der Waals surface area contributed by atoms with Crippen LogP contribution in [-0.4, -0.2) is 39.3 Å². The number of aliphatic hydroxyl groups is 1. The van der Waals surface area contributed by atoms with E-state index >= 15 is 0 Å². The molecule has 3 N–H and O–H groups in total. The van der Waals surface area contributed by atoms with Gasteiger partial charge in [0, 0.05) is 42.8 Å². The van der Waals surface area contributed by atoms with Gasteiger partial charge in [-0.05, 0) is 31.4 Å². The van der Waals surface area contributed by atoms with Gasteiger partial charge in [-0.25, -0.2) is 15.0 Å². The number of hydrogen-bond donors (Lipinski definition) is 2. The Morgan fingerprint density at radius 2 is 1.90 bits per heavy atom. The monoisotopic (exact) mass is 285 g/mol. The maximum Gasteiger partial charge on any atom is 0.225 e. The molecule has 0 aliphatic carbocycles. The highest BCUT2D eigenvalue weighted by atomic mass is 16.3. The molecule has 6 nitrogen and oxygen atoms in total. The van der Waals surface area contributed by atoms with Gasteiger partial charge in [0.1, 0.15) is 5.82 Å². The molecule has 2 aromatic rings. The van der Waals surface area contributed by atoms with Crippen molar-refractivity contribution in [3.8, 4) is 11.1 Å². The summed E-state index contributed by atoms with van der Waals surface area (Å²) in [4.78, 5) is 15.0. The minimum Gasteiger partial charge on any atom is -0.391 e. The molecule has 2 aromatic heterocycles. The molecule has 0 saturated carbocycles. The van der Waals surface area contributed by atoms with E-state index in [0.29, 0.717) is 18.3 Å². The topological polar surface area (TPSA) is 88.2 Å². The molecule has 1 fully saturated rings. The number of piperidine rings is 1. The van der Waals surface area contributed by atoms with Crippen LogP contribution in [0.2, 0.25) is 0 Å². The Bertz CT molecular complexity index is 628. The Morgan fingerprint density at radius 3 is 2.57 bits per heavy atom. The van der Waals surface area contributed by atoms with Gasteiger partial charge in [-0.15, -0.1) is 0 Å². The van der Waals surface area contributed by atoms with Crippen LogP contribution in [0.5, 0.6) is 0 Å². The van der Waals surface area contributed by atoms with Crippen LogP contribution in [0.1, 0.15) is 18.4 Å². The maximum absolute atomic E-state index is 9.71. The molecule has 1 aliphatic rings. The van der Waals surface area contributed by atoms with Gasteiger partial charge >= 0.3 is 0 Å². The van der Waals surface area contributed by atoms with Crippen LogP contribution in [0.3, 0.4) is 0 Å². The number of aryl methyl sites for hydroxylation is 1. The second kappa shape index (κ2) is 5.65. The Kier molecular flexibility index (Phi) is 3.70. The van der Waals surface area contributed by atoms with Gasteiger partial charge in [0.2, 0.25) is 5.95 Å². The highest BCUT2D eigenvalue weighted by Crippen LogP contribution is 2.22. The zero-order valence-electron chi connectivity index (χ0n) is 12.0. The van der Waals surface area contributed by atoms with E-state index in [0.717, 1.165) is 36.1 Å². The summed E-state index contributed by atoms with van der Waals surface area (Å²) in [5, 5.41) is 9.71. The minimum absolute atomic E-state index is 0.286. The van der Waals surface area contributed by atoms with E-state index in [1.54, 1.807) is 18.6 Å². The Hall–Kier alpha value is -2.21. The van der Waals surface area contributed by atoms with Crippen molar-refractivity contribution in [3.63, 3.8) is 0 Å². The zero-order valence-corrected chi connectivity index (χ0v) is 12.0. The number of rotatable bonds is 2. The number of pyridine rings is 1. The largest absolute Gasteiger partial charge is 0.391 e. The lowest BCUT2D eigenvalue weighted by molar-refractivity contribution is 0.153. The first-order valence-corrected chi connectivity index (χ1v) is 7.11. The predicted octanol–water partition coefficient (Wildman–Crippen LogP) is 1.39. The molecule has 0 bridgehead atoms. The molecule has 110 valence electrons. The third-order valence-electron chi connectivity index (χ3n) is 3.77. The van der Waals surface area contributed by atoms with Gasteiger partial charge in [-0.3, -0.25) is 0 Å². The lowest BCUT2D eigenvalue weighted by atomic mass is 10.1. The van der Waals surface area contributed by atoms with E-state index in [2.05, 4.69) is 15.0 Å². The summed E-state index contributed by atoms with van der Waals surface area (Å²) in [7, 11) is 0. The summed E-state index contributed by atoms with van der Waals surface area (Å²) in [6.45, 7) is 3.41. The highest BCUT2D eigenvalue weighted by Gasteiger charge is 2.19. The van der Waals surface area contributed by atoms with Crippen LogP contribution >= 0.6 is 0 Å². The van der Waals surface area contributed by atoms with Crippen molar-refractivity contribution >= 4 is 11.8 Å². The minimum atomic E-state index is -0.286. The van der Waals surface area contributed by atoms with Crippen LogP contribution in [-0.2, 0) is 0 Å². The number of aliphatic hydroxyl groups excluding tert-OH is 1. The number of nitrogen functional groups attached to an aromatic ring is 1. The summed E-state index contributed by atoms with van der Waals surface area (Å²) in [6.07, 6.45) is 6.83. The fraction of sp³-hybridized carbons (Fsp3) is 0.400. The van der Waals surface area contributed by atoms with Crippen molar-refractivity contribution in [3.05, 3.63) is 30.2 Å². The molecule has 1 aliphatic heterocycles. The third-order valence-corrected chi connectivity index (χ3v) is 3.77. The van der Waals surface area contributed by atoms with Crippen LogP contribution in [0, 0.1) is 6.92 Å². The van der Waals surface area contributed by atoms with E-state index in [-0.39, 0.29) is 6.10 Å². The molecule has 21 heavy (non-hydrogen) atoms. The molecule has 0 spiro atoms. The van der Waals surface area contributed by atoms with E-state index in [1.807, 2.05) is 17.9 Å². The zero-order chi connectivity index (χ0) is 14.8. The Morgan fingerprint density at radius 1 is 1.19 bits per heavy atom. The lowest BCUT2D eigenvalue weighted by Crippen LogP contribution is -2.39. The average molecular weight is 285 g/mol. The average Bonchev–Trinajstić information content (AvgIpc) is 2.50. The van der Waals surface area contributed by atoms with Gasteiger partial charge in [-0.2, -0.15) is 0 Å². The normalized spacial score (nSPS) is 18.8. The van der Waals surface area contributed by atoms with Crippen LogP contribution in [0.25, 0.3) is 11.1 Å². The summed E-state index contributed by atoms with van der Waals surface area (Å²) >= 11 is 0. The number of nitrogens with zero attached hydrogens (tertiary/aromatic N) is 4. The standard InChI is InChI=1S/C15H19N5O/c1-10-5-11(6-17-14(10)16)12-7-18-15(19-8-12)20-4-2-3-13(21)9-20/h5-8,13,21H,2-4,9H2,1H3,(H2,16,17). The molecule has 3 heterocycles. The second-order valence-electron chi connectivity index (χ2n) is 5.44. The van der Waals surface area contributed by atoms with Crippen molar-refractivity contribution in [1.82, 2.24) is 15.0 Å². The summed E-state index contributed by atoms with van der Waals surface area (Å²) in [5.74, 6) is 1.20. The number of nitrogens with two attached hydrogens (primary N) is 1. The first-order chi connectivity index (χ1) is 10.1. The Balaban J connectivity index is 1.81. The summed E-state index contributed by atoms with van der Waals surface area (Å²) in [5.41, 5.74) is 8.53. The van der Waals surface area contributed by atoms with Crippen molar-refractivity contribution in [1.29, 1.82) is 0 Å². The maximum atomic E-state index is 9.71. The number of hydrogen-bond acceptors (Lipinski definition) is 6. The van der Waals surface area contributed by atoms with Gasteiger partial charge in [0.05, 0.1) is 6.10 Å². The van der Waals surface area contributed by atoms with Crippen molar-refractivity contribution in [2.45, 2.75) is 25.9 Å². The fourth-order valence-electron chi connectivity index (χ4n) is 2.51. The van der Waals surface area contributed by atoms with E-state index < -0.39 is 0 Å². The molecular weight excluding hydrogens is 266 g/mol. The molecule has 1 atom stereocenters. The van der Waals surface area contributed by atoms with Gasteiger partial charge in [0.15, 0.2) is 0 Å². The van der Waals surface area contributed by atoms with E-state index in [4.69, 9.17) is 5.73 Å². The highest BCUT2D eigenvalue weighted by molar-refractivity contribution is 5.64. The molecule has 1 saturated heterocycles. The number of aromatic nitrogens is 3. The van der Waals surface area contributed by atoms with Crippen molar-refractivity contribution in [2.75, 3.05) is 23.7 Å². The van der Waals surface area contributed by atoms with Crippen molar-refractivity contribution < 1.29 is 5.11 Å². The summed E-state index contributed by atoms with van der Waals surface area (Å²) < 4.78 is 0. The predicted molar refractivity (Wildman–Crippen MR) is 81.9 cm³/mol. The van der Waals surface area contributed by atoms with Gasteiger partial charge < -0.3 is 15.7 Å². The Labute approximate surface area is 123 Å². The molecule has 0 radical (unpaired) electrons. The SMILES string of the molecule is Cc1cc(-c2cnc(N3CCCC(O)C3)nc2)cnc1N. The first-order valence-electron chi connectivity index (χ1n) is 7.11. The third kappa shape index (κ3) is 2.95. The van der Waals surface area contributed by atoms with Crippen LogP contribution in [0.4, 0.5) is 11.8 Å². The van der Waals surface area contributed by atoms with Crippen LogP contribution in [0.15, 0.2) is 24.7 Å². The van der Waals surface area contributed by atoms with Gasteiger partial charge in [-0.1, -0.05) is 0 Å². The lowest BCUT2D eigenvalue weighted by Gasteiger charge is -2.29. The molecule has 6 heteroatoms. The molecule has 1 unspecified atom stereocenters. The molecule has 3 rings (SSSR count). The first kappa shape index (κ1) is 13.8. The fourth-order valence-corrected chi connectivity index (χ4v) is 2.51.